The summed E-state index contributed by atoms with van der Waals surface area (Å²) in [6.07, 6.45) is 2.53. The Labute approximate surface area is 412 Å². The summed E-state index contributed by atoms with van der Waals surface area (Å²) in [5, 5.41) is 11.9. The van der Waals surface area contributed by atoms with Crippen LogP contribution >= 0.6 is 0 Å². The van der Waals surface area contributed by atoms with Crippen molar-refractivity contribution in [2.75, 3.05) is 26.2 Å². The van der Waals surface area contributed by atoms with E-state index < -0.39 is 120 Å². The number of nitrogens with zero attached hydrogens (tertiary/aromatic N) is 2. The van der Waals surface area contributed by atoms with Gasteiger partial charge in [0.15, 0.2) is 23.3 Å². The zero-order valence-corrected chi connectivity index (χ0v) is 39.0. The molecule has 4 aliphatic carbocycles. The van der Waals surface area contributed by atoms with E-state index in [0.717, 1.165) is 32.1 Å². The van der Waals surface area contributed by atoms with Crippen LogP contribution in [0.2, 0.25) is 0 Å². The number of benzene rings is 5. The lowest BCUT2D eigenvalue weighted by Gasteiger charge is -2.20. The summed E-state index contributed by atoms with van der Waals surface area (Å²) in [7, 11) is 0. The van der Waals surface area contributed by atoms with Crippen LogP contribution in [0.25, 0.3) is 0 Å². The number of nitrogens with one attached hydrogen (secondary N) is 4. The molecule has 0 unspecified atom stereocenters. The third-order valence-electron chi connectivity index (χ3n) is 15.6. The largest absolute Gasteiger partial charge is 0.352 e. The van der Waals surface area contributed by atoms with Gasteiger partial charge in [-0.25, -0.2) is 17.6 Å². The molecule has 5 aromatic rings. The van der Waals surface area contributed by atoms with E-state index in [9.17, 15) is 28.8 Å². The van der Waals surface area contributed by atoms with Gasteiger partial charge in [-0.1, -0.05) is 121 Å². The smallest absolute Gasteiger partial charge is 0.260 e. The second kappa shape index (κ2) is 19.0. The van der Waals surface area contributed by atoms with Gasteiger partial charge in [0.25, 0.3) is 11.8 Å². The third kappa shape index (κ3) is 9.22. The van der Waals surface area contributed by atoms with E-state index in [0.29, 0.717) is 25.7 Å². The Hall–Kier alpha value is -7.36. The Bertz CT molecular complexity index is 2570. The summed E-state index contributed by atoms with van der Waals surface area (Å²) >= 11 is 0. The molecular formula is C56H52F4N6O6. The molecule has 12 nitrogen and oxygen atoms in total. The maximum absolute atomic E-state index is 16.3. The highest BCUT2D eigenvalue weighted by molar-refractivity contribution is 6.01. The van der Waals surface area contributed by atoms with Gasteiger partial charge in [-0.2, -0.15) is 0 Å². The molecule has 72 heavy (non-hydrogen) atoms. The van der Waals surface area contributed by atoms with Gasteiger partial charge < -0.3 is 31.1 Å². The molecule has 2 aliphatic heterocycles. The zero-order valence-electron chi connectivity index (χ0n) is 39.0. The summed E-state index contributed by atoms with van der Waals surface area (Å²) in [5.74, 6) is -18.5. The number of hydrogen-bond acceptors (Lipinski definition) is 6. The van der Waals surface area contributed by atoms with Gasteiger partial charge in [0.2, 0.25) is 23.6 Å². The van der Waals surface area contributed by atoms with E-state index in [1.165, 1.54) is 0 Å². The van der Waals surface area contributed by atoms with Crippen molar-refractivity contribution >= 4 is 35.4 Å². The van der Waals surface area contributed by atoms with Crippen LogP contribution in [-0.2, 0) is 19.2 Å². The van der Waals surface area contributed by atoms with Gasteiger partial charge in [0.1, 0.15) is 11.1 Å². The maximum atomic E-state index is 16.3. The van der Waals surface area contributed by atoms with Gasteiger partial charge >= 0.3 is 0 Å². The van der Waals surface area contributed by atoms with Gasteiger partial charge in [0.05, 0.1) is 23.7 Å². The lowest BCUT2D eigenvalue weighted by atomic mass is 9.94. The van der Waals surface area contributed by atoms with Crippen molar-refractivity contribution in [2.24, 2.45) is 23.7 Å². The molecule has 11 rings (SSSR count). The number of carbonyl (C=O) groups excluding carboxylic acids is 6. The molecule has 2 saturated heterocycles. The number of carbonyl (C=O) groups is 6. The molecule has 0 bridgehead atoms. The van der Waals surface area contributed by atoms with Crippen LogP contribution in [0.1, 0.15) is 92.3 Å². The minimum Gasteiger partial charge on any atom is -0.352 e. The van der Waals surface area contributed by atoms with E-state index in [4.69, 9.17) is 0 Å². The van der Waals surface area contributed by atoms with Crippen LogP contribution in [0, 0.1) is 46.9 Å². The monoisotopic (exact) mass is 980 g/mol. The fourth-order valence-corrected chi connectivity index (χ4v) is 11.2. The van der Waals surface area contributed by atoms with E-state index >= 15 is 17.6 Å². The van der Waals surface area contributed by atoms with Crippen LogP contribution in [0.3, 0.4) is 0 Å². The topological polar surface area (TPSA) is 157 Å². The van der Waals surface area contributed by atoms with Crippen LogP contribution in [0.4, 0.5) is 17.6 Å². The molecule has 0 aromatic heterocycles. The molecule has 4 N–H and O–H groups in total. The SMILES string of the molecule is O=C(N[C@H]1C[C@@H]1c1ccccc1)[C@@H]1CN(C(=O)c2c(F)c(F)c(C(=O)N3C[C@@H](C(=O)N[C@H]4C[C@@H]4c4ccccc4)[C@H](C(=O)N[C@H]4C[C@@H]4c4ccccc4)C3)c(F)c2F)C[C@H]1C(=O)N[C@H]1C[C@@H]1c1ccccc1. The standard InChI is InChI=1S/C56H52F4N6O6/c57-47-45(55(71)65-25-37(51(67)61-41-21-33(41)29-13-5-1-6-14-29)38(26-65)52(68)62-42-22-34(42)30-15-7-2-8-16-30)48(58)50(60)46(49(47)59)56(72)66-27-39(53(69)63-43-23-35(43)31-17-9-3-10-18-31)40(28-66)54(70)64-44-24-36(44)32-19-11-4-12-20-32/h1-20,33-44H,21-28H2,(H,61,67)(H,62,68)(H,63,69)(H,64,70)/t33-,34-,35-,36-,37-,38-,39-,40-,41+,42+,43+,44+/m1/s1. The lowest BCUT2D eigenvalue weighted by Crippen LogP contribution is -2.43. The average Bonchev–Trinajstić information content (AvgIpc) is 4.33. The Kier molecular flexibility index (Phi) is 12.4. The first-order valence-electron chi connectivity index (χ1n) is 24.7. The van der Waals surface area contributed by atoms with Crippen molar-refractivity contribution in [3.63, 3.8) is 0 Å². The average molecular weight is 981 g/mol. The summed E-state index contributed by atoms with van der Waals surface area (Å²) in [4.78, 5) is 85.8. The van der Waals surface area contributed by atoms with Crippen LogP contribution < -0.4 is 21.3 Å². The second-order valence-electron chi connectivity index (χ2n) is 20.3. The number of halogens is 4. The molecule has 6 amide bonds. The van der Waals surface area contributed by atoms with Crippen molar-refractivity contribution < 1.29 is 46.3 Å². The summed E-state index contributed by atoms with van der Waals surface area (Å²) in [6.45, 7) is -1.99. The number of rotatable bonds is 14. The molecule has 0 spiro atoms. The van der Waals surface area contributed by atoms with Crippen molar-refractivity contribution in [3.8, 4) is 0 Å². The Morgan fingerprint density at radius 1 is 0.347 bits per heavy atom. The normalized spacial score (nSPS) is 28.7. The van der Waals surface area contributed by atoms with Crippen LogP contribution in [0.5, 0.6) is 0 Å². The molecule has 0 radical (unpaired) electrons. The van der Waals surface area contributed by atoms with Crippen molar-refractivity contribution in [3.05, 3.63) is 178 Å². The third-order valence-corrected chi connectivity index (χ3v) is 15.6. The fraction of sp³-hybridized carbons (Fsp3) is 0.357. The molecule has 6 fully saturated rings. The molecule has 370 valence electrons. The van der Waals surface area contributed by atoms with Crippen LogP contribution in [0.15, 0.2) is 121 Å². The lowest BCUT2D eigenvalue weighted by molar-refractivity contribution is -0.133. The fourth-order valence-electron chi connectivity index (χ4n) is 11.2. The Balaban J connectivity index is 0.812. The molecule has 5 aromatic carbocycles. The van der Waals surface area contributed by atoms with Crippen molar-refractivity contribution in [1.29, 1.82) is 0 Å². The van der Waals surface area contributed by atoms with E-state index in [1.54, 1.807) is 0 Å². The number of hydrogen-bond donors (Lipinski definition) is 4. The van der Waals surface area contributed by atoms with Gasteiger partial charge in [-0.3, -0.25) is 28.8 Å². The quantitative estimate of drug-likeness (QED) is 0.0756. The first-order chi connectivity index (χ1) is 34.8. The molecule has 4 saturated carbocycles. The minimum absolute atomic E-state index is 0.0208. The van der Waals surface area contributed by atoms with E-state index in [-0.39, 0.29) is 47.8 Å². The van der Waals surface area contributed by atoms with Gasteiger partial charge in [-0.05, 0) is 47.9 Å². The van der Waals surface area contributed by atoms with Gasteiger partial charge in [0, 0.05) is 74.0 Å². The van der Waals surface area contributed by atoms with Crippen molar-refractivity contribution in [1.82, 2.24) is 31.1 Å². The van der Waals surface area contributed by atoms with Crippen molar-refractivity contribution in [2.45, 2.75) is 73.5 Å². The summed E-state index contributed by atoms with van der Waals surface area (Å²) in [6, 6.07) is 37.0. The highest BCUT2D eigenvalue weighted by Crippen LogP contribution is 2.45. The second-order valence-corrected chi connectivity index (χ2v) is 20.3. The predicted molar refractivity (Wildman–Crippen MR) is 255 cm³/mol. The first-order valence-corrected chi connectivity index (χ1v) is 24.7. The molecule has 16 heteroatoms. The predicted octanol–water partition coefficient (Wildman–Crippen LogP) is 6.31. The molecule has 2 heterocycles. The minimum atomic E-state index is -2.15. The number of likely N-dealkylation sites (tertiary alicyclic amines) is 2. The molecular weight excluding hydrogens is 929 g/mol. The zero-order chi connectivity index (χ0) is 49.9. The Morgan fingerprint density at radius 3 is 0.764 bits per heavy atom. The van der Waals surface area contributed by atoms with Crippen LogP contribution in [-0.4, -0.2) is 95.6 Å². The highest BCUT2D eigenvalue weighted by atomic mass is 19.2. The maximum Gasteiger partial charge on any atom is 0.260 e. The van der Waals surface area contributed by atoms with Gasteiger partial charge in [-0.15, -0.1) is 0 Å². The van der Waals surface area contributed by atoms with E-state index in [1.807, 2.05) is 121 Å². The molecule has 12 atom stereocenters. The Morgan fingerprint density at radius 2 is 0.556 bits per heavy atom. The highest BCUT2D eigenvalue weighted by Gasteiger charge is 2.52. The molecule has 6 aliphatic rings. The first kappa shape index (κ1) is 47.0. The number of amides is 6. The summed E-state index contributed by atoms with van der Waals surface area (Å²) in [5.41, 5.74) is 0.768. The van der Waals surface area contributed by atoms with E-state index in [2.05, 4.69) is 21.3 Å². The summed E-state index contributed by atoms with van der Waals surface area (Å²) < 4.78 is 65.2.